The fourth-order valence-corrected chi connectivity index (χ4v) is 13.6. The van der Waals surface area contributed by atoms with Crippen LogP contribution in [-0.2, 0) is 77.8 Å². The normalized spacial score (nSPS) is 38.8. The Balaban J connectivity index is 0.787. The number of carbonyl (C=O) groups is 6. The summed E-state index contributed by atoms with van der Waals surface area (Å²) >= 11 is 0. The van der Waals surface area contributed by atoms with Gasteiger partial charge in [-0.3, -0.25) is 28.8 Å². The molecular weight excluding hydrogens is 1010 g/mol. The molecule has 10 aliphatic rings. The second-order valence-corrected chi connectivity index (χ2v) is 23.2. The van der Waals surface area contributed by atoms with E-state index in [-0.39, 0.29) is 112 Å². The molecule has 21 heteroatoms. The van der Waals surface area contributed by atoms with Gasteiger partial charge in [-0.25, -0.2) is 0 Å². The first-order valence-corrected chi connectivity index (χ1v) is 28.3. The number of rotatable bonds is 15. The lowest BCUT2D eigenvalue weighted by molar-refractivity contribution is -0.292. The average Bonchev–Trinajstić information content (AvgIpc) is 3.53. The maximum atomic E-state index is 14.5. The molecular formula is C57H79N5O16. The van der Waals surface area contributed by atoms with Crippen molar-refractivity contribution >= 4 is 35.3 Å². The fourth-order valence-electron chi connectivity index (χ4n) is 13.6. The van der Waals surface area contributed by atoms with Crippen molar-refractivity contribution in [3.63, 3.8) is 0 Å². The van der Waals surface area contributed by atoms with E-state index in [4.69, 9.17) is 42.6 Å². The number of hydrogen-bond acceptors (Lipinski definition) is 16. The van der Waals surface area contributed by atoms with Crippen molar-refractivity contribution in [2.45, 2.75) is 213 Å². The van der Waals surface area contributed by atoms with Crippen LogP contribution in [0.4, 0.5) is 0 Å². The highest BCUT2D eigenvalue weighted by atomic mass is 16.8. The fraction of sp³-hybridized carbons (Fsp3) is 0.719. The number of Topliss-reactive ketones (excluding diaryl/α,β-unsaturated/α-hetero) is 1. The number of methoxy groups -OCH3 is 1. The zero-order valence-electron chi connectivity index (χ0n) is 45.1. The van der Waals surface area contributed by atoms with Crippen molar-refractivity contribution in [3.05, 3.63) is 60.2 Å². The van der Waals surface area contributed by atoms with E-state index in [9.17, 15) is 33.9 Å². The predicted octanol–water partition coefficient (Wildman–Crippen LogP) is 1.69. The van der Waals surface area contributed by atoms with Crippen molar-refractivity contribution < 1.29 is 76.5 Å². The lowest BCUT2D eigenvalue weighted by atomic mass is 9.81. The highest BCUT2D eigenvalue weighted by Crippen LogP contribution is 2.54. The number of aliphatic hydroxyl groups excluding tert-OH is 1. The SMILES string of the molecule is C=C1C[C@@H]2CC[C@@]34C[C@H]5OC6C(O[C@H]7CC[C@H](CC(=O)C[C@@H]8[C@@H](OC)[C@@H](C[C@H](O)CNC(=O)CNC(=O)[C@H](Cc9ccccc9)NC(=O)CNC(=O)CNC(C)=O)O[C@H]8C[C@H]8O[C@@H](CC[C@@H]1O2)C[C@@H](C)C8=C)O[C@@H]7[C@@H]6O3)[C@H]5O4. The Kier molecular flexibility index (Phi) is 17.8. The van der Waals surface area contributed by atoms with E-state index in [2.05, 4.69) is 46.7 Å². The van der Waals surface area contributed by atoms with E-state index in [1.165, 1.54) is 6.92 Å². The van der Waals surface area contributed by atoms with Gasteiger partial charge in [-0.15, -0.1) is 0 Å². The molecule has 10 heterocycles. The number of hydrogen-bond donors (Lipinski definition) is 6. The first-order chi connectivity index (χ1) is 37.5. The van der Waals surface area contributed by atoms with Crippen molar-refractivity contribution in [1.29, 1.82) is 0 Å². The van der Waals surface area contributed by atoms with E-state index >= 15 is 0 Å². The average molecular weight is 1090 g/mol. The molecule has 0 aromatic heterocycles. The Morgan fingerprint density at radius 3 is 2.22 bits per heavy atom. The van der Waals surface area contributed by atoms with Crippen molar-refractivity contribution in [3.8, 4) is 0 Å². The third-order valence-corrected chi connectivity index (χ3v) is 17.5. The maximum Gasteiger partial charge on any atom is 0.243 e. The van der Waals surface area contributed by atoms with Gasteiger partial charge in [0.1, 0.15) is 42.3 Å². The number of ketones is 1. The Hall–Kier alpha value is -4.68. The van der Waals surface area contributed by atoms with E-state index in [1.807, 2.05) is 6.07 Å². The standard InChI is InChI=1S/C57H79N5O16/c1-29-17-36-11-13-41-30(2)18-38(71-41)15-16-57-24-46-52(77-57)53-54(76-46)55(78-57)51-42(75-53)14-12-37(73-51)20-34(64)21-39-44(23-43(72-36)31(29)3)74-45(50(39)70-5)22-35(65)25-59-48(67)27-61-56(69)40(19-33-9-7-6-8-10-33)62-49(68)28-60-47(66)26-58-32(4)63/h6-10,29,35-46,50-55,65H,2-3,11-28H2,1,4-5H3,(H,58,63)(H,59,67)(H,60,66)(H,61,69)(H,62,68)/t29-,35+,36+,37-,38+,39+,40+,41+,42+,43-,44+,45-,46-,50-,51+,52+,53?,54?,55+,57+/m1/s1. The van der Waals surface area contributed by atoms with Crippen LogP contribution in [0, 0.1) is 11.8 Å². The van der Waals surface area contributed by atoms with Crippen LogP contribution in [0.2, 0.25) is 0 Å². The van der Waals surface area contributed by atoms with Gasteiger partial charge in [0.25, 0.3) is 0 Å². The van der Waals surface area contributed by atoms with Crippen LogP contribution in [0.15, 0.2) is 54.6 Å². The molecule has 21 nitrogen and oxygen atoms in total. The second kappa shape index (κ2) is 24.6. The number of carbonyl (C=O) groups excluding carboxylic acids is 6. The molecule has 11 rings (SSSR count). The smallest absolute Gasteiger partial charge is 0.243 e. The topological polar surface area (TPSA) is 266 Å². The van der Waals surface area contributed by atoms with Gasteiger partial charge in [0, 0.05) is 71.4 Å². The summed E-state index contributed by atoms with van der Waals surface area (Å²) in [4.78, 5) is 77.2. The van der Waals surface area contributed by atoms with Crippen molar-refractivity contribution in [2.24, 2.45) is 11.8 Å². The number of ether oxygens (including phenoxy) is 9. The molecule has 0 saturated carbocycles. The molecule has 6 N–H and O–H groups in total. The molecule has 1 spiro atoms. The molecule has 0 aliphatic carbocycles. The van der Waals surface area contributed by atoms with Crippen LogP contribution in [0.1, 0.15) is 103 Å². The van der Waals surface area contributed by atoms with Crippen LogP contribution in [0.5, 0.6) is 0 Å². The lowest BCUT2D eigenvalue weighted by Gasteiger charge is -2.47. The Morgan fingerprint density at radius 1 is 0.718 bits per heavy atom. The highest BCUT2D eigenvalue weighted by molar-refractivity contribution is 5.92. The van der Waals surface area contributed by atoms with Gasteiger partial charge in [0.15, 0.2) is 5.79 Å². The van der Waals surface area contributed by atoms with Crippen LogP contribution in [-0.4, -0.2) is 183 Å². The number of aliphatic hydroxyl groups is 1. The summed E-state index contributed by atoms with van der Waals surface area (Å²) in [6.07, 6.45) is 1.48. The molecule has 1 aromatic carbocycles. The number of amides is 5. The van der Waals surface area contributed by atoms with E-state index in [1.54, 1.807) is 31.4 Å². The summed E-state index contributed by atoms with van der Waals surface area (Å²) in [5.74, 6) is -3.99. The molecule has 10 aliphatic heterocycles. The summed E-state index contributed by atoms with van der Waals surface area (Å²) in [7, 11) is 1.58. The molecule has 2 unspecified atom stereocenters. The van der Waals surface area contributed by atoms with Crippen LogP contribution >= 0.6 is 0 Å². The van der Waals surface area contributed by atoms with Crippen LogP contribution < -0.4 is 26.6 Å². The molecule has 10 saturated heterocycles. The van der Waals surface area contributed by atoms with Gasteiger partial charge in [-0.1, -0.05) is 50.4 Å². The monoisotopic (exact) mass is 1090 g/mol. The number of nitrogens with one attached hydrogen (secondary N) is 5. The summed E-state index contributed by atoms with van der Waals surface area (Å²) in [6.45, 7) is 11.0. The molecule has 78 heavy (non-hydrogen) atoms. The molecule has 428 valence electrons. The Labute approximate surface area is 455 Å². The van der Waals surface area contributed by atoms with Crippen LogP contribution in [0.25, 0.3) is 0 Å². The van der Waals surface area contributed by atoms with Crippen LogP contribution in [0.3, 0.4) is 0 Å². The molecule has 12 bridgehead atoms. The first kappa shape index (κ1) is 56.6. The zero-order chi connectivity index (χ0) is 54.8. The van der Waals surface area contributed by atoms with Crippen molar-refractivity contribution in [2.75, 3.05) is 33.3 Å². The molecule has 0 radical (unpaired) electrons. The molecule has 10 fully saturated rings. The van der Waals surface area contributed by atoms with Gasteiger partial charge in [0.2, 0.25) is 29.5 Å². The van der Waals surface area contributed by atoms with Crippen molar-refractivity contribution in [1.82, 2.24) is 26.6 Å². The summed E-state index contributed by atoms with van der Waals surface area (Å²) < 4.78 is 60.6. The summed E-state index contributed by atoms with van der Waals surface area (Å²) in [5.41, 5.74) is 2.78. The minimum Gasteiger partial charge on any atom is -0.391 e. The number of fused-ring (bicyclic) bond motifs is 6. The van der Waals surface area contributed by atoms with Gasteiger partial charge in [-0.2, -0.15) is 0 Å². The molecule has 5 amide bonds. The molecule has 20 atom stereocenters. The van der Waals surface area contributed by atoms with Gasteiger partial charge >= 0.3 is 0 Å². The third-order valence-electron chi connectivity index (χ3n) is 17.5. The largest absolute Gasteiger partial charge is 0.391 e. The van der Waals surface area contributed by atoms with Gasteiger partial charge in [0.05, 0.1) is 86.8 Å². The lowest BCUT2D eigenvalue weighted by Crippen LogP contribution is -2.61. The minimum atomic E-state index is -1.11. The quantitative estimate of drug-likeness (QED) is 0.137. The highest BCUT2D eigenvalue weighted by Gasteiger charge is 2.69. The predicted molar refractivity (Wildman–Crippen MR) is 277 cm³/mol. The number of benzene rings is 1. The van der Waals surface area contributed by atoms with E-state index in [0.717, 1.165) is 48.8 Å². The second-order valence-electron chi connectivity index (χ2n) is 23.2. The first-order valence-electron chi connectivity index (χ1n) is 28.3. The molecule has 1 aromatic rings. The Bertz CT molecular complexity index is 2400. The van der Waals surface area contributed by atoms with Gasteiger partial charge < -0.3 is 74.3 Å². The summed E-state index contributed by atoms with van der Waals surface area (Å²) in [6, 6.07) is 7.86. The zero-order valence-corrected chi connectivity index (χ0v) is 45.1. The van der Waals surface area contributed by atoms with Gasteiger partial charge in [-0.05, 0) is 67.6 Å². The van der Waals surface area contributed by atoms with E-state index in [0.29, 0.717) is 32.1 Å². The summed E-state index contributed by atoms with van der Waals surface area (Å²) in [5, 5.41) is 24.1. The minimum absolute atomic E-state index is 0.00578. The third kappa shape index (κ3) is 13.1. The van der Waals surface area contributed by atoms with E-state index < -0.39 is 97.0 Å². The maximum absolute atomic E-state index is 14.5. The Morgan fingerprint density at radius 2 is 1.42 bits per heavy atom.